The van der Waals surface area contributed by atoms with Gasteiger partial charge in [-0.15, -0.1) is 0 Å². The van der Waals surface area contributed by atoms with E-state index in [1.165, 1.54) is 11.1 Å². The molecule has 1 aliphatic rings. The Kier molecular flexibility index (Phi) is 6.87. The Balaban J connectivity index is 1.32. The lowest BCUT2D eigenvalue weighted by atomic mass is 10.1. The second kappa shape index (κ2) is 10.2. The molecule has 3 aromatic rings. The van der Waals surface area contributed by atoms with E-state index in [4.69, 9.17) is 4.74 Å². The number of hydrogen-bond donors (Lipinski definition) is 1. The molecule has 164 valence electrons. The van der Waals surface area contributed by atoms with Crippen LogP contribution in [0.2, 0.25) is 0 Å². The maximum atomic E-state index is 12.2. The van der Waals surface area contributed by atoms with Crippen LogP contribution in [0.15, 0.2) is 67.1 Å². The number of carbonyl (C=O) groups excluding carboxylic acids is 2. The van der Waals surface area contributed by atoms with Crippen molar-refractivity contribution in [2.24, 2.45) is 0 Å². The maximum absolute atomic E-state index is 12.2. The number of Topliss-reactive ketones (excluding diaryl/α,β-unsaturated/α-hetero) is 1. The summed E-state index contributed by atoms with van der Waals surface area (Å²) in [5, 5.41) is 3.43. The van der Waals surface area contributed by atoms with Crippen LogP contribution in [0.1, 0.15) is 30.9 Å². The first-order valence-corrected chi connectivity index (χ1v) is 10.7. The highest BCUT2D eigenvalue weighted by Gasteiger charge is 2.32. The van der Waals surface area contributed by atoms with Gasteiger partial charge in [-0.1, -0.05) is 24.3 Å². The van der Waals surface area contributed by atoms with E-state index in [0.29, 0.717) is 25.1 Å². The van der Waals surface area contributed by atoms with E-state index in [0.717, 1.165) is 24.3 Å². The Bertz CT molecular complexity index is 1050. The quantitative estimate of drug-likeness (QED) is 0.550. The molecule has 4 rings (SSSR count). The highest BCUT2D eigenvalue weighted by molar-refractivity contribution is 5.89. The average molecular weight is 431 g/mol. The van der Waals surface area contributed by atoms with Crippen molar-refractivity contribution in [3.63, 3.8) is 0 Å². The van der Waals surface area contributed by atoms with Gasteiger partial charge in [-0.25, -0.2) is 4.79 Å². The van der Waals surface area contributed by atoms with Crippen molar-refractivity contribution in [1.82, 2.24) is 15.3 Å². The third-order valence-corrected chi connectivity index (χ3v) is 5.41. The van der Waals surface area contributed by atoms with Crippen LogP contribution in [0, 0.1) is 0 Å². The predicted molar refractivity (Wildman–Crippen MR) is 122 cm³/mol. The third kappa shape index (κ3) is 5.56. The standard InChI is InChI=1S/C25H26N4O3/c1-18(30)2-8-23-17-29(25(31)32-23)22-7-9-24(28-16-22)21-5-3-19(4-6-21)14-27-15-20-10-12-26-13-11-20/h3-7,9-13,16,23,27H,2,8,14-15,17H2,1H3/t23-/m0/s1. The molecular formula is C25H26N4O3. The van der Waals surface area contributed by atoms with Crippen LogP contribution in [0.3, 0.4) is 0 Å². The number of pyridine rings is 2. The highest BCUT2D eigenvalue weighted by Crippen LogP contribution is 2.25. The number of hydrogen-bond acceptors (Lipinski definition) is 6. The lowest BCUT2D eigenvalue weighted by Crippen LogP contribution is -2.24. The summed E-state index contributed by atoms with van der Waals surface area (Å²) < 4.78 is 5.37. The smallest absolute Gasteiger partial charge is 0.414 e. The van der Waals surface area contributed by atoms with Gasteiger partial charge in [-0.2, -0.15) is 0 Å². The fourth-order valence-corrected chi connectivity index (χ4v) is 3.61. The molecule has 1 saturated heterocycles. The number of anilines is 1. The Morgan fingerprint density at radius 1 is 1.06 bits per heavy atom. The number of ketones is 1. The van der Waals surface area contributed by atoms with Gasteiger partial charge in [-0.3, -0.25) is 14.9 Å². The van der Waals surface area contributed by atoms with Crippen LogP contribution in [0.5, 0.6) is 0 Å². The van der Waals surface area contributed by atoms with Crippen LogP contribution in [0.25, 0.3) is 11.3 Å². The number of nitrogens with zero attached hydrogens (tertiary/aromatic N) is 3. The number of carbonyl (C=O) groups is 2. The number of ether oxygens (including phenoxy) is 1. The molecule has 1 atom stereocenters. The predicted octanol–water partition coefficient (Wildman–Crippen LogP) is 4.13. The van der Waals surface area contributed by atoms with Gasteiger partial charge in [0, 0.05) is 37.5 Å². The molecule has 32 heavy (non-hydrogen) atoms. The van der Waals surface area contributed by atoms with E-state index in [1.54, 1.807) is 30.4 Å². The van der Waals surface area contributed by atoms with Crippen LogP contribution >= 0.6 is 0 Å². The lowest BCUT2D eigenvalue weighted by Gasteiger charge is -2.13. The minimum Gasteiger partial charge on any atom is -0.444 e. The van der Waals surface area contributed by atoms with E-state index < -0.39 is 6.09 Å². The van der Waals surface area contributed by atoms with Crippen molar-refractivity contribution < 1.29 is 14.3 Å². The Hall–Kier alpha value is -3.58. The summed E-state index contributed by atoms with van der Waals surface area (Å²) in [5.41, 5.74) is 4.94. The lowest BCUT2D eigenvalue weighted by molar-refractivity contribution is -0.117. The molecule has 7 heteroatoms. The van der Waals surface area contributed by atoms with E-state index in [9.17, 15) is 9.59 Å². The van der Waals surface area contributed by atoms with Gasteiger partial charge < -0.3 is 14.8 Å². The molecule has 2 aromatic heterocycles. The molecule has 1 N–H and O–H groups in total. The third-order valence-electron chi connectivity index (χ3n) is 5.41. The highest BCUT2D eigenvalue weighted by atomic mass is 16.6. The zero-order valence-electron chi connectivity index (χ0n) is 18.0. The Morgan fingerprint density at radius 3 is 2.44 bits per heavy atom. The Labute approximate surface area is 187 Å². The van der Waals surface area contributed by atoms with Crippen molar-refractivity contribution in [3.05, 3.63) is 78.2 Å². The fourth-order valence-electron chi connectivity index (χ4n) is 3.61. The van der Waals surface area contributed by atoms with Gasteiger partial charge in [0.2, 0.25) is 0 Å². The number of rotatable bonds is 9. The van der Waals surface area contributed by atoms with E-state index >= 15 is 0 Å². The van der Waals surface area contributed by atoms with Gasteiger partial charge in [0.05, 0.1) is 24.1 Å². The monoisotopic (exact) mass is 430 g/mol. The summed E-state index contributed by atoms with van der Waals surface area (Å²) in [6.45, 7) is 3.55. The minimum atomic E-state index is -0.392. The van der Waals surface area contributed by atoms with Crippen molar-refractivity contribution in [3.8, 4) is 11.3 Å². The zero-order chi connectivity index (χ0) is 22.3. The molecule has 0 bridgehead atoms. The van der Waals surface area contributed by atoms with E-state index in [-0.39, 0.29) is 11.9 Å². The van der Waals surface area contributed by atoms with Crippen LogP contribution < -0.4 is 10.2 Å². The number of amides is 1. The molecule has 0 radical (unpaired) electrons. The summed E-state index contributed by atoms with van der Waals surface area (Å²) in [6, 6.07) is 16.0. The molecule has 1 fully saturated rings. The van der Waals surface area contributed by atoms with Crippen molar-refractivity contribution in [2.45, 2.75) is 39.0 Å². The van der Waals surface area contributed by atoms with E-state index in [1.807, 2.05) is 36.4 Å². The zero-order valence-corrected chi connectivity index (χ0v) is 18.0. The van der Waals surface area contributed by atoms with Crippen molar-refractivity contribution in [1.29, 1.82) is 0 Å². The topological polar surface area (TPSA) is 84.4 Å². The number of aromatic nitrogens is 2. The fraction of sp³-hybridized carbons (Fsp3) is 0.280. The summed E-state index contributed by atoms with van der Waals surface area (Å²) in [5.74, 6) is 0.0982. The summed E-state index contributed by atoms with van der Waals surface area (Å²) in [4.78, 5) is 33.5. The number of cyclic esters (lactones) is 1. The first-order chi connectivity index (χ1) is 15.6. The second-order valence-corrected chi connectivity index (χ2v) is 7.91. The molecule has 0 saturated carbocycles. The Morgan fingerprint density at radius 2 is 1.78 bits per heavy atom. The molecule has 0 unspecified atom stereocenters. The summed E-state index contributed by atoms with van der Waals surface area (Å²) >= 11 is 0. The molecule has 1 amide bonds. The first kappa shape index (κ1) is 21.6. The first-order valence-electron chi connectivity index (χ1n) is 10.7. The largest absolute Gasteiger partial charge is 0.444 e. The molecular weight excluding hydrogens is 404 g/mol. The molecule has 0 spiro atoms. The van der Waals surface area contributed by atoms with Crippen molar-refractivity contribution >= 4 is 17.6 Å². The normalized spacial score (nSPS) is 15.6. The molecule has 3 heterocycles. The molecule has 7 nitrogen and oxygen atoms in total. The summed E-state index contributed by atoms with van der Waals surface area (Å²) in [6.07, 6.45) is 5.59. The van der Waals surface area contributed by atoms with E-state index in [2.05, 4.69) is 27.4 Å². The van der Waals surface area contributed by atoms with Gasteiger partial charge in [-0.05, 0) is 48.7 Å². The molecule has 0 aliphatic carbocycles. The van der Waals surface area contributed by atoms with Crippen LogP contribution in [0.4, 0.5) is 10.5 Å². The van der Waals surface area contributed by atoms with Gasteiger partial charge in [0.25, 0.3) is 0 Å². The SMILES string of the molecule is CC(=O)CC[C@H]1CN(c2ccc(-c3ccc(CNCc4ccncc4)cc3)nc2)C(=O)O1. The number of nitrogens with one attached hydrogen (secondary N) is 1. The molecule has 1 aromatic carbocycles. The van der Waals surface area contributed by atoms with Crippen LogP contribution in [-0.4, -0.2) is 34.5 Å². The van der Waals surface area contributed by atoms with Gasteiger partial charge in [0.15, 0.2) is 0 Å². The minimum absolute atomic E-state index is 0.0982. The summed E-state index contributed by atoms with van der Waals surface area (Å²) in [7, 11) is 0. The van der Waals surface area contributed by atoms with Crippen LogP contribution in [-0.2, 0) is 22.6 Å². The average Bonchev–Trinajstić information content (AvgIpc) is 3.19. The molecule has 1 aliphatic heterocycles. The maximum Gasteiger partial charge on any atom is 0.414 e. The second-order valence-electron chi connectivity index (χ2n) is 7.91. The number of benzene rings is 1. The van der Waals surface area contributed by atoms with Gasteiger partial charge >= 0.3 is 6.09 Å². The van der Waals surface area contributed by atoms with Gasteiger partial charge in [0.1, 0.15) is 11.9 Å². The van der Waals surface area contributed by atoms with Crippen molar-refractivity contribution in [2.75, 3.05) is 11.4 Å².